The minimum Gasteiger partial charge on any atom is -0.377 e. The number of nitrogens with zero attached hydrogens (tertiary/aromatic N) is 8. The topological polar surface area (TPSA) is 129 Å². The molecule has 0 radical (unpaired) electrons. The molecule has 4 N–H and O–H groups in total. The zero-order chi connectivity index (χ0) is 55.1. The lowest BCUT2D eigenvalue weighted by Gasteiger charge is -2.42. The van der Waals surface area contributed by atoms with Crippen LogP contribution >= 0.6 is 48.9 Å². The number of ether oxygens (including phenoxy) is 2. The molecule has 12 bridgehead atoms. The summed E-state index contributed by atoms with van der Waals surface area (Å²) >= 11 is 24.3. The van der Waals surface area contributed by atoms with Crippen LogP contribution in [0.3, 0.4) is 0 Å². The molecular formula is C62H72N12O2S4. The maximum atomic E-state index is 6.07. The highest BCUT2D eigenvalue weighted by molar-refractivity contribution is 7.80. The Kier molecular flexibility index (Phi) is 22.2. The Hall–Kier alpha value is -6.80. The molecule has 0 saturated carbocycles. The molecule has 0 spiro atoms. The summed E-state index contributed by atoms with van der Waals surface area (Å²) in [7, 11) is 0. The number of nitrogens with one attached hydrogen (secondary N) is 4. The van der Waals surface area contributed by atoms with Crippen molar-refractivity contribution in [3.8, 4) is 0 Å². The van der Waals surface area contributed by atoms with Gasteiger partial charge in [-0.1, -0.05) is 122 Å². The molecule has 14 nitrogen and oxygen atoms in total. The Morgan fingerprint density at radius 3 is 0.912 bits per heavy atom. The fourth-order valence-electron chi connectivity index (χ4n) is 9.87. The van der Waals surface area contributed by atoms with Crippen LogP contribution < -0.4 is 21.3 Å². The predicted octanol–water partition coefficient (Wildman–Crippen LogP) is 12.9. The van der Waals surface area contributed by atoms with Crippen LogP contribution in [0.5, 0.6) is 0 Å². The fourth-order valence-corrected chi connectivity index (χ4v) is 10.7. The SMILES string of the molecule is S=C1NCc2ccc(cc2)N=Nc2ccc(cc2)CNC(=S)N2CC(CCCCOCc3ccccc3)CN(C2)C(=S)NCc2ccc(cc2)N=Nc2ccc(cc2)CNC(=S)N2CC(CCCCOCc3ccccc3)CN1C2. The van der Waals surface area contributed by atoms with E-state index in [9.17, 15) is 0 Å². The van der Waals surface area contributed by atoms with Crippen molar-refractivity contribution in [3.05, 3.63) is 191 Å². The third kappa shape index (κ3) is 18.6. The van der Waals surface area contributed by atoms with Crippen molar-refractivity contribution >= 4 is 92.1 Å². The molecule has 416 valence electrons. The van der Waals surface area contributed by atoms with E-state index in [1.807, 2.05) is 84.9 Å². The number of azo groups is 2. The summed E-state index contributed by atoms with van der Waals surface area (Å²) in [6.45, 7) is 9.59. The van der Waals surface area contributed by atoms with Crippen molar-refractivity contribution in [2.75, 3.05) is 52.7 Å². The van der Waals surface area contributed by atoms with Gasteiger partial charge >= 0.3 is 0 Å². The summed E-state index contributed by atoms with van der Waals surface area (Å²) < 4.78 is 12.0. The molecule has 15 rings (SSSR count). The van der Waals surface area contributed by atoms with E-state index in [0.29, 0.717) is 85.0 Å². The summed E-state index contributed by atoms with van der Waals surface area (Å²) in [6, 6.07) is 53.0. The van der Waals surface area contributed by atoms with Gasteiger partial charge in [-0.2, -0.15) is 20.5 Å². The number of hydrogen-bond acceptors (Lipinski definition) is 10. The third-order valence-electron chi connectivity index (χ3n) is 14.4. The quantitative estimate of drug-likeness (QED) is 0.0610. The van der Waals surface area contributed by atoms with E-state index in [1.165, 1.54) is 11.1 Å². The molecule has 0 amide bonds. The second-order valence-electron chi connectivity index (χ2n) is 20.7. The molecule has 80 heavy (non-hydrogen) atoms. The second kappa shape index (κ2) is 30.7. The molecule has 0 aliphatic carbocycles. The second-order valence-corrected chi connectivity index (χ2v) is 22.2. The van der Waals surface area contributed by atoms with Gasteiger partial charge in [0.15, 0.2) is 20.4 Å². The lowest BCUT2D eigenvalue weighted by Crippen LogP contribution is -2.57. The van der Waals surface area contributed by atoms with Crippen molar-refractivity contribution in [3.63, 3.8) is 0 Å². The zero-order valence-corrected chi connectivity index (χ0v) is 48.6. The van der Waals surface area contributed by atoms with Crippen molar-refractivity contribution in [1.29, 1.82) is 0 Å². The number of unbranched alkanes of at least 4 members (excludes halogenated alkanes) is 2. The Bertz CT molecular complexity index is 2620. The van der Waals surface area contributed by atoms with E-state index >= 15 is 0 Å². The van der Waals surface area contributed by atoms with Crippen LogP contribution in [0.4, 0.5) is 22.7 Å². The van der Waals surface area contributed by atoms with Crippen molar-refractivity contribution in [2.24, 2.45) is 32.3 Å². The van der Waals surface area contributed by atoms with Crippen LogP contribution in [-0.4, -0.2) is 92.8 Å². The van der Waals surface area contributed by atoms with Gasteiger partial charge < -0.3 is 50.3 Å². The normalized spacial score (nSPS) is 17.6. The molecule has 9 heterocycles. The van der Waals surface area contributed by atoms with E-state index < -0.39 is 0 Å². The summed E-state index contributed by atoms with van der Waals surface area (Å²) in [5.41, 5.74) is 9.81. The molecular weight excluding hydrogens is 1070 g/mol. The molecule has 2 saturated heterocycles. The first-order valence-electron chi connectivity index (χ1n) is 27.8. The van der Waals surface area contributed by atoms with E-state index in [4.69, 9.17) is 58.3 Å². The number of rotatable bonds is 14. The van der Waals surface area contributed by atoms with Gasteiger partial charge in [-0.15, -0.1) is 0 Å². The molecule has 18 heteroatoms. The molecule has 6 aromatic rings. The smallest absolute Gasteiger partial charge is 0.170 e. The molecule has 0 aromatic heterocycles. The molecule has 0 atom stereocenters. The first kappa shape index (κ1) is 57.9. The van der Waals surface area contributed by atoms with Gasteiger partial charge in [0.25, 0.3) is 0 Å². The maximum absolute atomic E-state index is 6.07. The minimum atomic E-state index is 0.367. The van der Waals surface area contributed by atoms with Crippen LogP contribution in [0, 0.1) is 11.8 Å². The molecule has 2 fully saturated rings. The van der Waals surface area contributed by atoms with Gasteiger partial charge in [0.2, 0.25) is 0 Å². The van der Waals surface area contributed by atoms with Gasteiger partial charge in [-0.25, -0.2) is 0 Å². The summed E-state index contributed by atoms with van der Waals surface area (Å²) in [5.74, 6) is 0.734. The van der Waals surface area contributed by atoms with Crippen molar-refractivity contribution in [2.45, 2.75) is 77.9 Å². The van der Waals surface area contributed by atoms with Gasteiger partial charge in [-0.05, 0) is 168 Å². The highest BCUT2D eigenvalue weighted by Gasteiger charge is 2.30. The summed E-state index contributed by atoms with van der Waals surface area (Å²) in [5, 5.41) is 35.1. The third-order valence-corrected chi connectivity index (χ3v) is 16.0. The highest BCUT2D eigenvalue weighted by atomic mass is 32.1. The molecule has 9 aliphatic rings. The van der Waals surface area contributed by atoms with Crippen LogP contribution in [0.25, 0.3) is 0 Å². The predicted molar refractivity (Wildman–Crippen MR) is 335 cm³/mol. The van der Waals surface area contributed by atoms with Crippen LogP contribution in [-0.2, 0) is 48.9 Å². The minimum absolute atomic E-state index is 0.367. The van der Waals surface area contributed by atoms with Crippen molar-refractivity contribution < 1.29 is 9.47 Å². The molecule has 0 unspecified atom stereocenters. The number of hydrogen-bond donors (Lipinski definition) is 4. The average Bonchev–Trinajstić information content (AvgIpc) is 3.51. The van der Waals surface area contributed by atoms with Gasteiger partial charge in [-0.3, -0.25) is 0 Å². The number of thiocarbonyl (C=S) groups is 4. The monoisotopic (exact) mass is 1140 g/mol. The van der Waals surface area contributed by atoms with E-state index in [1.54, 1.807) is 0 Å². The first-order chi connectivity index (χ1) is 39.2. The Morgan fingerprint density at radius 2 is 0.637 bits per heavy atom. The Balaban J connectivity index is 0.842. The molecule has 9 aliphatic heterocycles. The van der Waals surface area contributed by atoms with Crippen LogP contribution in [0.15, 0.2) is 178 Å². The Morgan fingerprint density at radius 1 is 0.362 bits per heavy atom. The maximum Gasteiger partial charge on any atom is 0.170 e. The van der Waals surface area contributed by atoms with E-state index in [0.717, 1.165) is 123 Å². The first-order valence-corrected chi connectivity index (χ1v) is 29.4. The van der Waals surface area contributed by atoms with Crippen molar-refractivity contribution in [1.82, 2.24) is 40.9 Å². The average molecular weight is 1150 g/mol. The van der Waals surface area contributed by atoms with Gasteiger partial charge in [0.1, 0.15) is 0 Å². The van der Waals surface area contributed by atoms with Gasteiger partial charge in [0, 0.05) is 65.6 Å². The van der Waals surface area contributed by atoms with Gasteiger partial charge in [0.05, 0.1) is 49.3 Å². The Labute approximate surface area is 493 Å². The van der Waals surface area contributed by atoms with Crippen LogP contribution in [0.2, 0.25) is 0 Å². The fraction of sp³-hybridized carbons (Fsp3) is 0.355. The lowest BCUT2D eigenvalue weighted by molar-refractivity contribution is 0.110. The highest BCUT2D eigenvalue weighted by Crippen LogP contribution is 2.25. The zero-order valence-electron chi connectivity index (χ0n) is 45.3. The van der Waals surface area contributed by atoms with E-state index in [-0.39, 0.29) is 0 Å². The van der Waals surface area contributed by atoms with Crippen LogP contribution in [0.1, 0.15) is 71.9 Å². The number of benzene rings is 6. The summed E-state index contributed by atoms with van der Waals surface area (Å²) in [6.07, 6.45) is 6.17. The molecule has 6 aromatic carbocycles. The van der Waals surface area contributed by atoms with E-state index in [2.05, 4.69) is 134 Å². The summed E-state index contributed by atoms with van der Waals surface area (Å²) in [4.78, 5) is 8.96. The standard InChI is InChI=1S/C62H72N12O2S4/c77-59-63-35-47-17-25-55(26-18-47)67-69-57-29-21-49(22-30-57)37-65-61(79)73-41-54(16-8-10-34-76-44-52-13-5-2-6-14-52)42-74(46-73)62(80)66-38-50-23-31-58(32-24-50)70-68-56-27-19-48(20-28-56)36-64-60(78)72-40-53(39-71(59)45-72)15-7-9-33-75-43-51-11-3-1-4-12-51/h1-6,11-14,17-32,53-54H,7-10,15-16,33-46H2,(H,63,77)(H,64,78)(H,65,79)(H,66,80). The lowest BCUT2D eigenvalue weighted by atomic mass is 9.99. The largest absolute Gasteiger partial charge is 0.377 e.